The molecule has 4 rings (SSSR count). The molecule has 1 saturated heterocycles. The van der Waals surface area contributed by atoms with Crippen LogP contribution in [-0.2, 0) is 22.3 Å². The molecule has 1 fully saturated rings. The van der Waals surface area contributed by atoms with Crippen molar-refractivity contribution in [2.24, 2.45) is 0 Å². The Morgan fingerprint density at radius 3 is 2.21 bits per heavy atom. The molecular formula is C23H21F3N4O4. The van der Waals surface area contributed by atoms with Gasteiger partial charge in [-0.15, -0.1) is 0 Å². The van der Waals surface area contributed by atoms with Crippen LogP contribution in [0.15, 0.2) is 58.1 Å². The summed E-state index contributed by atoms with van der Waals surface area (Å²) in [6.45, 7) is 2.34. The Balaban J connectivity index is 1.78. The lowest BCUT2D eigenvalue weighted by Gasteiger charge is -2.34. The Morgan fingerprint density at radius 2 is 1.56 bits per heavy atom. The van der Waals surface area contributed by atoms with Crippen molar-refractivity contribution in [3.63, 3.8) is 0 Å². The molecule has 0 aliphatic carbocycles. The number of rotatable bonds is 3. The Labute approximate surface area is 191 Å². The van der Waals surface area contributed by atoms with Crippen molar-refractivity contribution in [2.75, 3.05) is 26.2 Å². The number of carbonyl (C=O) groups is 2. The van der Waals surface area contributed by atoms with Gasteiger partial charge in [0.2, 0.25) is 11.8 Å². The summed E-state index contributed by atoms with van der Waals surface area (Å²) < 4.78 is 41.4. The van der Waals surface area contributed by atoms with Crippen LogP contribution >= 0.6 is 0 Å². The van der Waals surface area contributed by atoms with Gasteiger partial charge in [0.1, 0.15) is 6.54 Å². The van der Waals surface area contributed by atoms with Crippen LogP contribution in [0.3, 0.4) is 0 Å². The Kier molecular flexibility index (Phi) is 6.03. The first-order valence-electron chi connectivity index (χ1n) is 10.5. The van der Waals surface area contributed by atoms with Crippen LogP contribution in [0.2, 0.25) is 0 Å². The van der Waals surface area contributed by atoms with Gasteiger partial charge in [0.25, 0.3) is 5.56 Å². The zero-order valence-corrected chi connectivity index (χ0v) is 18.2. The number of nitrogens with zero attached hydrogens (tertiary/aromatic N) is 4. The first-order valence-corrected chi connectivity index (χ1v) is 10.5. The normalized spacial score (nSPS) is 14.5. The zero-order valence-electron chi connectivity index (χ0n) is 18.2. The molecule has 3 aromatic rings. The molecule has 0 radical (unpaired) electrons. The Bertz CT molecular complexity index is 1390. The minimum absolute atomic E-state index is 0.0914. The van der Waals surface area contributed by atoms with Crippen LogP contribution in [0, 0.1) is 0 Å². The van der Waals surface area contributed by atoms with Gasteiger partial charge in [-0.05, 0) is 30.3 Å². The summed E-state index contributed by atoms with van der Waals surface area (Å²) in [6.07, 6.45) is -4.66. The monoisotopic (exact) mass is 474 g/mol. The number of para-hydroxylation sites is 1. The minimum atomic E-state index is -4.66. The van der Waals surface area contributed by atoms with Gasteiger partial charge in [0, 0.05) is 33.1 Å². The number of piperazine rings is 1. The van der Waals surface area contributed by atoms with E-state index in [0.717, 1.165) is 22.8 Å². The first kappa shape index (κ1) is 23.3. The fourth-order valence-electron chi connectivity index (χ4n) is 4.03. The number of hydrogen-bond acceptors (Lipinski definition) is 4. The molecule has 11 heteroatoms. The van der Waals surface area contributed by atoms with Crippen LogP contribution < -0.4 is 11.2 Å². The van der Waals surface area contributed by atoms with Gasteiger partial charge >= 0.3 is 11.9 Å². The lowest BCUT2D eigenvalue weighted by molar-refractivity contribution is -0.138. The van der Waals surface area contributed by atoms with Gasteiger partial charge < -0.3 is 9.80 Å². The molecule has 1 aromatic heterocycles. The molecule has 2 heterocycles. The van der Waals surface area contributed by atoms with Crippen LogP contribution in [0.5, 0.6) is 0 Å². The number of fused-ring (bicyclic) bond motifs is 1. The number of amides is 2. The molecule has 2 aromatic carbocycles. The van der Waals surface area contributed by atoms with E-state index in [1.807, 2.05) is 0 Å². The number of alkyl halides is 3. The van der Waals surface area contributed by atoms with E-state index in [0.29, 0.717) is 30.7 Å². The molecule has 0 spiro atoms. The van der Waals surface area contributed by atoms with Gasteiger partial charge in [-0.2, -0.15) is 13.2 Å². The predicted octanol–water partition coefficient (Wildman–Crippen LogP) is 1.86. The minimum Gasteiger partial charge on any atom is -0.339 e. The predicted molar refractivity (Wildman–Crippen MR) is 118 cm³/mol. The highest BCUT2D eigenvalue weighted by Crippen LogP contribution is 2.30. The maximum atomic E-state index is 13.3. The second-order valence-corrected chi connectivity index (χ2v) is 7.96. The maximum absolute atomic E-state index is 13.3. The fourth-order valence-corrected chi connectivity index (χ4v) is 4.03. The van der Waals surface area contributed by atoms with Crippen molar-refractivity contribution in [3.05, 3.63) is 74.9 Å². The third kappa shape index (κ3) is 4.33. The summed E-state index contributed by atoms with van der Waals surface area (Å²) in [4.78, 5) is 54.1. The quantitative estimate of drug-likeness (QED) is 0.580. The number of hydrogen-bond donors (Lipinski definition) is 0. The van der Waals surface area contributed by atoms with Gasteiger partial charge in [-0.3, -0.25) is 19.0 Å². The molecule has 0 atom stereocenters. The molecular weight excluding hydrogens is 453 g/mol. The van der Waals surface area contributed by atoms with Crippen molar-refractivity contribution in [2.45, 2.75) is 19.6 Å². The lowest BCUT2D eigenvalue weighted by atomic mass is 10.2. The standard InChI is InChI=1S/C23H21F3N4O4/c1-15(31)27-9-11-28(12-10-27)20(32)14-29-19-8-3-2-7-18(19)21(33)30(22(29)34)17-6-4-5-16(13-17)23(24,25)26/h2-8,13H,9-12,14H2,1H3. The molecule has 1 aliphatic heterocycles. The van der Waals surface area contributed by atoms with Crippen molar-refractivity contribution >= 4 is 22.7 Å². The van der Waals surface area contributed by atoms with E-state index in [9.17, 15) is 32.3 Å². The first-order chi connectivity index (χ1) is 16.1. The zero-order chi connectivity index (χ0) is 24.6. The molecule has 2 amide bonds. The summed E-state index contributed by atoms with van der Waals surface area (Å²) in [5, 5.41) is 0.0914. The van der Waals surface area contributed by atoms with Crippen molar-refractivity contribution in [1.82, 2.24) is 18.9 Å². The summed E-state index contributed by atoms with van der Waals surface area (Å²) in [5.74, 6) is -0.493. The van der Waals surface area contributed by atoms with Crippen molar-refractivity contribution in [3.8, 4) is 5.69 Å². The van der Waals surface area contributed by atoms with Crippen molar-refractivity contribution in [1.29, 1.82) is 0 Å². The van der Waals surface area contributed by atoms with E-state index in [4.69, 9.17) is 0 Å². The van der Waals surface area contributed by atoms with Gasteiger partial charge in [0.15, 0.2) is 0 Å². The smallest absolute Gasteiger partial charge is 0.339 e. The number of aromatic nitrogens is 2. The van der Waals surface area contributed by atoms with E-state index in [1.54, 1.807) is 17.0 Å². The summed E-state index contributed by atoms with van der Waals surface area (Å²) in [7, 11) is 0. The topological polar surface area (TPSA) is 84.6 Å². The molecule has 0 bridgehead atoms. The number of carbonyl (C=O) groups excluding carboxylic acids is 2. The fraction of sp³-hybridized carbons (Fsp3) is 0.304. The second kappa shape index (κ2) is 8.81. The Hall–Kier alpha value is -3.89. The molecule has 1 aliphatic rings. The van der Waals surface area contributed by atoms with E-state index >= 15 is 0 Å². The van der Waals surface area contributed by atoms with E-state index < -0.39 is 35.4 Å². The van der Waals surface area contributed by atoms with E-state index in [-0.39, 0.29) is 22.5 Å². The van der Waals surface area contributed by atoms with Gasteiger partial charge in [-0.1, -0.05) is 18.2 Å². The molecule has 0 saturated carbocycles. The average Bonchev–Trinajstić information content (AvgIpc) is 2.81. The number of benzene rings is 2. The SMILES string of the molecule is CC(=O)N1CCN(C(=O)Cn2c(=O)n(-c3cccc(C(F)(F)F)c3)c(=O)c3ccccc32)CC1. The third-order valence-electron chi connectivity index (χ3n) is 5.85. The van der Waals surface area contributed by atoms with Crippen LogP contribution in [-0.4, -0.2) is 56.9 Å². The average molecular weight is 474 g/mol. The highest BCUT2D eigenvalue weighted by atomic mass is 19.4. The number of halogens is 3. The molecule has 0 unspecified atom stereocenters. The lowest BCUT2D eigenvalue weighted by Crippen LogP contribution is -2.51. The highest BCUT2D eigenvalue weighted by Gasteiger charge is 2.31. The van der Waals surface area contributed by atoms with Gasteiger partial charge in [0.05, 0.1) is 22.2 Å². The molecule has 8 nitrogen and oxygen atoms in total. The summed E-state index contributed by atoms with van der Waals surface area (Å²) in [6, 6.07) is 10.1. The van der Waals surface area contributed by atoms with E-state index in [2.05, 4.69) is 0 Å². The molecule has 178 valence electrons. The largest absolute Gasteiger partial charge is 0.416 e. The second-order valence-electron chi connectivity index (χ2n) is 7.96. The summed E-state index contributed by atoms with van der Waals surface area (Å²) >= 11 is 0. The van der Waals surface area contributed by atoms with E-state index in [1.165, 1.54) is 30.0 Å². The maximum Gasteiger partial charge on any atom is 0.416 e. The third-order valence-corrected chi connectivity index (χ3v) is 5.85. The van der Waals surface area contributed by atoms with Crippen LogP contribution in [0.25, 0.3) is 16.6 Å². The van der Waals surface area contributed by atoms with Crippen LogP contribution in [0.1, 0.15) is 12.5 Å². The molecule has 0 N–H and O–H groups in total. The van der Waals surface area contributed by atoms with Crippen LogP contribution in [0.4, 0.5) is 13.2 Å². The summed E-state index contributed by atoms with van der Waals surface area (Å²) in [5.41, 5.74) is -2.74. The van der Waals surface area contributed by atoms with Crippen molar-refractivity contribution < 1.29 is 22.8 Å². The Morgan fingerprint density at radius 1 is 0.912 bits per heavy atom. The molecule has 34 heavy (non-hydrogen) atoms. The highest BCUT2D eigenvalue weighted by molar-refractivity contribution is 5.82. The van der Waals surface area contributed by atoms with Gasteiger partial charge in [-0.25, -0.2) is 9.36 Å².